The lowest BCUT2D eigenvalue weighted by Gasteiger charge is -2.24. The van der Waals surface area contributed by atoms with Crippen molar-refractivity contribution in [2.75, 3.05) is 6.61 Å². The van der Waals surface area contributed by atoms with Crippen molar-refractivity contribution >= 4 is 12.1 Å². The molecule has 0 aromatic heterocycles. The van der Waals surface area contributed by atoms with Gasteiger partial charge in [0, 0.05) is 5.92 Å². The van der Waals surface area contributed by atoms with Gasteiger partial charge in [-0.1, -0.05) is 72.8 Å². The predicted molar refractivity (Wildman–Crippen MR) is 116 cm³/mol. The van der Waals surface area contributed by atoms with Crippen LogP contribution in [0.5, 0.6) is 0 Å². The summed E-state index contributed by atoms with van der Waals surface area (Å²) in [4.78, 5) is 24.0. The van der Waals surface area contributed by atoms with Crippen molar-refractivity contribution in [2.24, 2.45) is 0 Å². The largest absolute Gasteiger partial charge is 0.479 e. The fraction of sp³-hybridized carbons (Fsp3) is 0.200. The normalized spacial score (nSPS) is 14.3. The third kappa shape index (κ3) is 4.02. The Morgan fingerprint density at radius 2 is 1.48 bits per heavy atom. The van der Waals surface area contributed by atoms with E-state index in [4.69, 9.17) is 4.74 Å². The third-order valence-corrected chi connectivity index (χ3v) is 5.71. The summed E-state index contributed by atoms with van der Waals surface area (Å²) >= 11 is 0. The lowest BCUT2D eigenvalue weighted by Crippen LogP contribution is -2.41. The number of aliphatic hydroxyl groups excluding tert-OH is 1. The van der Waals surface area contributed by atoms with E-state index in [1.807, 2.05) is 48.5 Å². The number of aryl methyl sites for hydroxylation is 1. The van der Waals surface area contributed by atoms with E-state index in [0.717, 1.165) is 27.8 Å². The Hall–Kier alpha value is -3.64. The fourth-order valence-corrected chi connectivity index (χ4v) is 4.17. The summed E-state index contributed by atoms with van der Waals surface area (Å²) in [6.45, 7) is 1.89. The Morgan fingerprint density at radius 3 is 2.06 bits per heavy atom. The average molecular weight is 417 g/mol. The van der Waals surface area contributed by atoms with E-state index in [2.05, 4.69) is 5.32 Å². The van der Waals surface area contributed by atoms with Crippen LogP contribution in [0.1, 0.15) is 34.2 Å². The Kier molecular flexibility index (Phi) is 5.73. The zero-order chi connectivity index (χ0) is 22.0. The Balaban J connectivity index is 1.52. The van der Waals surface area contributed by atoms with Crippen molar-refractivity contribution in [3.63, 3.8) is 0 Å². The minimum absolute atomic E-state index is 0.101. The number of nitrogens with one attached hydrogen (secondary N) is 1. The SMILES string of the molecule is Cc1ccccc1[C@@H](NC(=O)OCC1c2ccccc2-c2ccccc21)[C@@H](O)C(=O)O. The van der Waals surface area contributed by atoms with Gasteiger partial charge in [0.15, 0.2) is 6.10 Å². The first-order chi connectivity index (χ1) is 15.0. The highest BCUT2D eigenvalue weighted by Crippen LogP contribution is 2.44. The molecule has 0 bridgehead atoms. The second-order valence-electron chi connectivity index (χ2n) is 7.59. The van der Waals surface area contributed by atoms with E-state index >= 15 is 0 Å². The van der Waals surface area contributed by atoms with E-state index in [1.54, 1.807) is 31.2 Å². The number of aliphatic hydroxyl groups is 1. The Bertz CT molecular complexity index is 1080. The van der Waals surface area contributed by atoms with E-state index in [0.29, 0.717) is 5.56 Å². The molecule has 6 heteroatoms. The number of aliphatic carboxylic acids is 1. The molecule has 2 atom stereocenters. The van der Waals surface area contributed by atoms with Gasteiger partial charge in [-0.2, -0.15) is 0 Å². The molecule has 1 aliphatic carbocycles. The first kappa shape index (κ1) is 20.6. The van der Waals surface area contributed by atoms with Gasteiger partial charge in [-0.25, -0.2) is 9.59 Å². The van der Waals surface area contributed by atoms with Crippen molar-refractivity contribution < 1.29 is 24.5 Å². The predicted octanol–water partition coefficient (Wildman–Crippen LogP) is 4.02. The summed E-state index contributed by atoms with van der Waals surface area (Å²) < 4.78 is 5.51. The number of hydrogen-bond acceptors (Lipinski definition) is 4. The maximum atomic E-state index is 12.6. The second kappa shape index (κ2) is 8.62. The molecule has 0 fully saturated rings. The number of ether oxygens (including phenoxy) is 1. The molecule has 0 aliphatic heterocycles. The fourth-order valence-electron chi connectivity index (χ4n) is 4.17. The van der Waals surface area contributed by atoms with Crippen LogP contribution in [0, 0.1) is 6.92 Å². The number of amides is 1. The van der Waals surface area contributed by atoms with Gasteiger partial charge < -0.3 is 20.3 Å². The molecule has 0 radical (unpaired) electrons. The number of carbonyl (C=O) groups excluding carboxylic acids is 1. The monoisotopic (exact) mass is 417 g/mol. The number of benzene rings is 3. The van der Waals surface area contributed by atoms with Crippen LogP contribution in [0.4, 0.5) is 4.79 Å². The molecule has 6 nitrogen and oxygen atoms in total. The van der Waals surface area contributed by atoms with Crippen molar-refractivity contribution in [1.29, 1.82) is 0 Å². The van der Waals surface area contributed by atoms with E-state index in [1.165, 1.54) is 0 Å². The molecule has 0 heterocycles. The van der Waals surface area contributed by atoms with Gasteiger partial charge in [0.1, 0.15) is 6.61 Å². The molecule has 158 valence electrons. The quantitative estimate of drug-likeness (QED) is 0.563. The van der Waals surface area contributed by atoms with Crippen molar-refractivity contribution in [2.45, 2.75) is 25.0 Å². The molecular weight excluding hydrogens is 394 g/mol. The van der Waals surface area contributed by atoms with Gasteiger partial charge in [-0.05, 0) is 40.3 Å². The van der Waals surface area contributed by atoms with Crippen LogP contribution in [0.2, 0.25) is 0 Å². The van der Waals surface area contributed by atoms with E-state index in [9.17, 15) is 19.8 Å². The lowest BCUT2D eigenvalue weighted by atomic mass is 9.97. The number of carboxylic acid groups (broad SMARTS) is 1. The maximum Gasteiger partial charge on any atom is 0.407 e. The smallest absolute Gasteiger partial charge is 0.407 e. The molecule has 31 heavy (non-hydrogen) atoms. The zero-order valence-electron chi connectivity index (χ0n) is 17.0. The summed E-state index contributed by atoms with van der Waals surface area (Å²) in [7, 11) is 0. The summed E-state index contributed by atoms with van der Waals surface area (Å²) in [5, 5.41) is 22.0. The second-order valence-corrected chi connectivity index (χ2v) is 7.59. The van der Waals surface area contributed by atoms with Crippen molar-refractivity contribution in [3.8, 4) is 11.1 Å². The van der Waals surface area contributed by atoms with Crippen molar-refractivity contribution in [1.82, 2.24) is 5.32 Å². The van der Waals surface area contributed by atoms with E-state index < -0.39 is 24.2 Å². The van der Waals surface area contributed by atoms with Gasteiger partial charge in [0.05, 0.1) is 6.04 Å². The molecule has 0 spiro atoms. The lowest BCUT2D eigenvalue weighted by molar-refractivity contribution is -0.148. The number of alkyl carbamates (subject to hydrolysis) is 1. The highest BCUT2D eigenvalue weighted by Gasteiger charge is 2.32. The number of hydrogen-bond donors (Lipinski definition) is 3. The standard InChI is InChI=1S/C25H23NO5/c1-15-8-2-3-9-16(15)22(23(27)24(28)29)26-25(30)31-14-21-19-12-6-4-10-17(19)18-11-5-7-13-20(18)21/h2-13,21-23,27H,14H2,1H3,(H,26,30)(H,28,29)/t22-,23-/m1/s1. The van der Waals surface area contributed by atoms with Crippen LogP contribution in [0.3, 0.4) is 0 Å². The number of rotatable bonds is 6. The Morgan fingerprint density at radius 1 is 0.935 bits per heavy atom. The summed E-state index contributed by atoms with van der Waals surface area (Å²) in [5.41, 5.74) is 5.67. The van der Waals surface area contributed by atoms with Gasteiger partial charge in [-0.3, -0.25) is 0 Å². The molecular formula is C25H23NO5. The van der Waals surface area contributed by atoms with Gasteiger partial charge in [0.25, 0.3) is 0 Å². The summed E-state index contributed by atoms with van der Waals surface area (Å²) in [5.74, 6) is -1.54. The van der Waals surface area contributed by atoms with Gasteiger partial charge >= 0.3 is 12.1 Å². The summed E-state index contributed by atoms with van der Waals surface area (Å²) in [6.07, 6.45) is -2.59. The zero-order valence-corrected chi connectivity index (χ0v) is 17.0. The van der Waals surface area contributed by atoms with Crippen LogP contribution in [0.15, 0.2) is 72.8 Å². The maximum absolute atomic E-state index is 12.6. The number of fused-ring (bicyclic) bond motifs is 3. The van der Waals surface area contributed by atoms with Gasteiger partial charge in [-0.15, -0.1) is 0 Å². The van der Waals surface area contributed by atoms with Crippen LogP contribution in [-0.2, 0) is 9.53 Å². The summed E-state index contributed by atoms with van der Waals surface area (Å²) in [6, 6.07) is 21.9. The highest BCUT2D eigenvalue weighted by atomic mass is 16.5. The first-order valence-electron chi connectivity index (χ1n) is 10.0. The van der Waals surface area contributed by atoms with Crippen LogP contribution in [-0.4, -0.2) is 35.0 Å². The molecule has 1 amide bonds. The van der Waals surface area contributed by atoms with Crippen LogP contribution in [0.25, 0.3) is 11.1 Å². The minimum Gasteiger partial charge on any atom is -0.479 e. The average Bonchev–Trinajstić information content (AvgIpc) is 3.10. The van der Waals surface area contributed by atoms with Crippen LogP contribution < -0.4 is 5.32 Å². The van der Waals surface area contributed by atoms with Crippen molar-refractivity contribution in [3.05, 3.63) is 95.1 Å². The topological polar surface area (TPSA) is 95.9 Å². The highest BCUT2D eigenvalue weighted by molar-refractivity contribution is 5.79. The molecule has 0 saturated heterocycles. The number of carbonyl (C=O) groups is 2. The molecule has 1 aliphatic rings. The molecule has 3 N–H and O–H groups in total. The molecule has 0 unspecified atom stereocenters. The van der Waals surface area contributed by atoms with Gasteiger partial charge in [0.2, 0.25) is 0 Å². The molecule has 3 aromatic carbocycles. The van der Waals surface area contributed by atoms with E-state index in [-0.39, 0.29) is 12.5 Å². The third-order valence-electron chi connectivity index (χ3n) is 5.71. The first-order valence-corrected chi connectivity index (χ1v) is 10.0. The Labute approximate surface area is 180 Å². The van der Waals surface area contributed by atoms with Crippen LogP contribution >= 0.6 is 0 Å². The minimum atomic E-state index is -1.80. The molecule has 4 rings (SSSR count). The number of carboxylic acids is 1. The molecule has 3 aromatic rings. The molecule has 0 saturated carbocycles.